The predicted octanol–water partition coefficient (Wildman–Crippen LogP) is 3.67. The van der Waals surface area contributed by atoms with Crippen LogP contribution in [0.4, 0.5) is 5.69 Å². The molecule has 3 nitrogen and oxygen atoms in total. The number of benzene rings is 1. The van der Waals surface area contributed by atoms with Gasteiger partial charge in [0.15, 0.2) is 0 Å². The second-order valence-corrected chi connectivity index (χ2v) is 5.52. The molecular weight excluding hydrogens is 250 g/mol. The maximum Gasteiger partial charge on any atom is 0.334 e. The van der Waals surface area contributed by atoms with E-state index >= 15 is 0 Å². The molecule has 0 aromatic heterocycles. The zero-order chi connectivity index (χ0) is 13.9. The summed E-state index contributed by atoms with van der Waals surface area (Å²) in [5, 5.41) is 0.502. The van der Waals surface area contributed by atoms with Crippen molar-refractivity contribution in [3.8, 4) is 0 Å². The standard InChI is InChI=1S/C14H18ClNO2/c1-9(13(17)18-14(2,3)4)7-10-5-6-11(15)12(16)8-10/h5-8H,16H2,1-4H3. The van der Waals surface area contributed by atoms with Gasteiger partial charge in [-0.1, -0.05) is 17.7 Å². The van der Waals surface area contributed by atoms with E-state index in [0.29, 0.717) is 16.3 Å². The molecule has 1 rings (SSSR count). The number of carbonyl (C=O) groups excluding carboxylic acids is 1. The molecule has 18 heavy (non-hydrogen) atoms. The number of carbonyl (C=O) groups is 1. The van der Waals surface area contributed by atoms with Gasteiger partial charge in [-0.25, -0.2) is 4.79 Å². The third-order valence-electron chi connectivity index (χ3n) is 2.12. The fourth-order valence-electron chi connectivity index (χ4n) is 1.32. The molecule has 0 heterocycles. The Morgan fingerprint density at radius 2 is 2.00 bits per heavy atom. The molecule has 0 unspecified atom stereocenters. The number of halogens is 1. The van der Waals surface area contributed by atoms with E-state index in [4.69, 9.17) is 22.1 Å². The van der Waals surface area contributed by atoms with Crippen molar-refractivity contribution in [3.63, 3.8) is 0 Å². The van der Waals surface area contributed by atoms with Crippen molar-refractivity contribution in [2.24, 2.45) is 0 Å². The molecule has 0 saturated carbocycles. The molecule has 0 radical (unpaired) electrons. The zero-order valence-corrected chi connectivity index (χ0v) is 11.8. The lowest BCUT2D eigenvalue weighted by Crippen LogP contribution is -2.24. The molecule has 4 heteroatoms. The van der Waals surface area contributed by atoms with E-state index in [1.54, 1.807) is 31.2 Å². The molecule has 0 atom stereocenters. The summed E-state index contributed by atoms with van der Waals surface area (Å²) in [5.74, 6) is -0.337. The summed E-state index contributed by atoms with van der Waals surface area (Å²) in [7, 11) is 0. The smallest absolute Gasteiger partial charge is 0.334 e. The molecule has 0 fully saturated rings. The average molecular weight is 268 g/mol. The van der Waals surface area contributed by atoms with Crippen molar-refractivity contribution < 1.29 is 9.53 Å². The van der Waals surface area contributed by atoms with Crippen molar-refractivity contribution in [3.05, 3.63) is 34.4 Å². The van der Waals surface area contributed by atoms with Crippen LogP contribution in [0.3, 0.4) is 0 Å². The average Bonchev–Trinajstić information content (AvgIpc) is 2.21. The second kappa shape index (κ2) is 5.44. The van der Waals surface area contributed by atoms with Crippen molar-refractivity contribution in [2.75, 3.05) is 5.73 Å². The van der Waals surface area contributed by atoms with Crippen molar-refractivity contribution in [1.82, 2.24) is 0 Å². The van der Waals surface area contributed by atoms with E-state index in [9.17, 15) is 4.79 Å². The molecule has 1 aromatic rings. The van der Waals surface area contributed by atoms with Gasteiger partial charge in [-0.15, -0.1) is 0 Å². The molecule has 0 saturated heterocycles. The number of ether oxygens (including phenoxy) is 1. The Morgan fingerprint density at radius 1 is 1.39 bits per heavy atom. The summed E-state index contributed by atoms with van der Waals surface area (Å²) in [4.78, 5) is 11.8. The lowest BCUT2D eigenvalue weighted by molar-refractivity contribution is -0.149. The van der Waals surface area contributed by atoms with Crippen molar-refractivity contribution in [2.45, 2.75) is 33.3 Å². The Kier molecular flexibility index (Phi) is 4.41. The Bertz CT molecular complexity index is 487. The minimum absolute atomic E-state index is 0.337. The highest BCUT2D eigenvalue weighted by molar-refractivity contribution is 6.33. The lowest BCUT2D eigenvalue weighted by atomic mass is 10.1. The molecule has 1 aromatic carbocycles. The van der Waals surface area contributed by atoms with Gasteiger partial charge in [-0.05, 0) is 51.5 Å². The summed E-state index contributed by atoms with van der Waals surface area (Å²) in [6.07, 6.45) is 1.72. The number of nitrogen functional groups attached to an aromatic ring is 1. The molecule has 0 aliphatic carbocycles. The first-order valence-corrected chi connectivity index (χ1v) is 6.03. The SMILES string of the molecule is CC(=Cc1ccc(Cl)c(N)c1)C(=O)OC(C)(C)C. The van der Waals surface area contributed by atoms with E-state index in [1.165, 1.54) is 0 Å². The van der Waals surface area contributed by atoms with Crippen LogP contribution in [-0.4, -0.2) is 11.6 Å². The minimum atomic E-state index is -0.495. The lowest BCUT2D eigenvalue weighted by Gasteiger charge is -2.19. The quantitative estimate of drug-likeness (QED) is 0.505. The van der Waals surface area contributed by atoms with Gasteiger partial charge in [-0.3, -0.25) is 0 Å². The Hall–Kier alpha value is -1.48. The van der Waals surface area contributed by atoms with Crippen molar-refractivity contribution >= 4 is 29.3 Å². The van der Waals surface area contributed by atoms with Crippen LogP contribution in [0.15, 0.2) is 23.8 Å². The van der Waals surface area contributed by atoms with E-state index in [1.807, 2.05) is 20.8 Å². The molecule has 0 bridgehead atoms. The third kappa shape index (κ3) is 4.41. The summed E-state index contributed by atoms with van der Waals surface area (Å²) in [6.45, 7) is 7.20. The van der Waals surface area contributed by atoms with Crippen LogP contribution in [0, 0.1) is 0 Å². The van der Waals surface area contributed by atoms with Crippen molar-refractivity contribution in [1.29, 1.82) is 0 Å². The molecule has 0 spiro atoms. The number of hydrogen-bond acceptors (Lipinski definition) is 3. The van der Waals surface area contributed by atoms with Crippen LogP contribution in [-0.2, 0) is 9.53 Å². The maximum absolute atomic E-state index is 11.8. The highest BCUT2D eigenvalue weighted by Gasteiger charge is 2.17. The van der Waals surface area contributed by atoms with Gasteiger partial charge in [0.2, 0.25) is 0 Å². The number of esters is 1. The second-order valence-electron chi connectivity index (χ2n) is 5.11. The number of anilines is 1. The van der Waals surface area contributed by atoms with Crippen LogP contribution >= 0.6 is 11.6 Å². The largest absolute Gasteiger partial charge is 0.457 e. The minimum Gasteiger partial charge on any atom is -0.457 e. The molecule has 0 aliphatic rings. The molecule has 0 amide bonds. The monoisotopic (exact) mass is 267 g/mol. The Balaban J connectivity index is 2.88. The van der Waals surface area contributed by atoms with Gasteiger partial charge in [0.05, 0.1) is 10.7 Å². The van der Waals surface area contributed by atoms with E-state index in [-0.39, 0.29) is 5.97 Å². The van der Waals surface area contributed by atoms with Crippen LogP contribution in [0.1, 0.15) is 33.3 Å². The fourth-order valence-corrected chi connectivity index (χ4v) is 1.44. The molecule has 98 valence electrons. The van der Waals surface area contributed by atoms with Crippen LogP contribution in [0.2, 0.25) is 5.02 Å². The topological polar surface area (TPSA) is 52.3 Å². The number of hydrogen-bond donors (Lipinski definition) is 1. The van der Waals surface area contributed by atoms with Gasteiger partial charge in [0, 0.05) is 5.57 Å². The normalized spacial score (nSPS) is 12.4. The summed E-state index contributed by atoms with van der Waals surface area (Å²) >= 11 is 5.83. The highest BCUT2D eigenvalue weighted by atomic mass is 35.5. The third-order valence-corrected chi connectivity index (χ3v) is 2.47. The van der Waals surface area contributed by atoms with Crippen LogP contribution in [0.25, 0.3) is 6.08 Å². The van der Waals surface area contributed by atoms with Gasteiger partial charge >= 0.3 is 5.97 Å². The fraction of sp³-hybridized carbons (Fsp3) is 0.357. The zero-order valence-electron chi connectivity index (χ0n) is 11.1. The predicted molar refractivity (Wildman–Crippen MR) is 75.4 cm³/mol. The van der Waals surface area contributed by atoms with Crippen LogP contribution in [0.5, 0.6) is 0 Å². The summed E-state index contributed by atoms with van der Waals surface area (Å²) in [5.41, 5.74) is 7.03. The van der Waals surface area contributed by atoms with Gasteiger partial charge in [-0.2, -0.15) is 0 Å². The first-order valence-electron chi connectivity index (χ1n) is 5.66. The van der Waals surface area contributed by atoms with Gasteiger partial charge in [0.25, 0.3) is 0 Å². The van der Waals surface area contributed by atoms with E-state index < -0.39 is 5.60 Å². The number of rotatable bonds is 2. The Morgan fingerprint density at radius 3 is 2.50 bits per heavy atom. The molecule has 2 N–H and O–H groups in total. The Labute approximate surface area is 113 Å². The van der Waals surface area contributed by atoms with E-state index in [2.05, 4.69) is 0 Å². The maximum atomic E-state index is 11.8. The van der Waals surface area contributed by atoms with Gasteiger partial charge < -0.3 is 10.5 Å². The first-order chi connectivity index (χ1) is 8.19. The number of nitrogens with two attached hydrogens (primary N) is 1. The molecule has 0 aliphatic heterocycles. The highest BCUT2D eigenvalue weighted by Crippen LogP contribution is 2.21. The summed E-state index contributed by atoms with van der Waals surface area (Å²) in [6, 6.07) is 5.22. The molecular formula is C14H18ClNO2. The van der Waals surface area contributed by atoms with Crippen LogP contribution < -0.4 is 5.73 Å². The first kappa shape index (κ1) is 14.6. The van der Waals surface area contributed by atoms with Gasteiger partial charge in [0.1, 0.15) is 5.60 Å². The summed E-state index contributed by atoms with van der Waals surface area (Å²) < 4.78 is 5.26. The van der Waals surface area contributed by atoms with E-state index in [0.717, 1.165) is 5.56 Å².